The van der Waals surface area contributed by atoms with Gasteiger partial charge in [-0.15, -0.1) is 0 Å². The SMILES string of the molecule is CC[C@H]1CC12CC(C(=O)NC(CC1CCC1)C(=O)C(N)=O)N(C(=O)[C@@H](NC(=O)NC(C)(C)C)C(C)(C)C)C2. The molecule has 0 aromatic heterocycles. The van der Waals surface area contributed by atoms with Gasteiger partial charge in [-0.3, -0.25) is 19.2 Å². The monoisotopic (exact) mass is 533 g/mol. The molecule has 10 heteroatoms. The van der Waals surface area contributed by atoms with E-state index in [1.807, 2.05) is 41.5 Å². The summed E-state index contributed by atoms with van der Waals surface area (Å²) in [7, 11) is 0. The Labute approximate surface area is 226 Å². The molecular formula is C28H47N5O5. The lowest BCUT2D eigenvalue weighted by molar-refractivity contribution is -0.143. The van der Waals surface area contributed by atoms with Crippen molar-refractivity contribution in [1.29, 1.82) is 0 Å². The summed E-state index contributed by atoms with van der Waals surface area (Å²) in [6.45, 7) is 13.7. The van der Waals surface area contributed by atoms with E-state index in [2.05, 4.69) is 22.9 Å². The van der Waals surface area contributed by atoms with Crippen LogP contribution in [0.25, 0.3) is 0 Å². The molecule has 0 aromatic carbocycles. The molecule has 3 rings (SSSR count). The molecule has 0 bridgehead atoms. The first-order valence-electron chi connectivity index (χ1n) is 14.0. The van der Waals surface area contributed by atoms with E-state index in [4.69, 9.17) is 5.73 Å². The number of rotatable bonds is 9. The molecule has 1 heterocycles. The lowest BCUT2D eigenvalue weighted by Gasteiger charge is -2.36. The molecule has 0 radical (unpaired) electrons. The van der Waals surface area contributed by atoms with Crippen molar-refractivity contribution in [2.75, 3.05) is 6.54 Å². The molecule has 5 N–H and O–H groups in total. The fourth-order valence-corrected chi connectivity index (χ4v) is 5.98. The summed E-state index contributed by atoms with van der Waals surface area (Å²) in [5.41, 5.74) is 4.05. The number of nitrogens with one attached hydrogen (secondary N) is 3. The number of primary amides is 1. The second kappa shape index (κ2) is 10.8. The highest BCUT2D eigenvalue weighted by molar-refractivity contribution is 6.37. The maximum atomic E-state index is 14.0. The third-order valence-electron chi connectivity index (χ3n) is 8.45. The van der Waals surface area contributed by atoms with Crippen molar-refractivity contribution in [2.24, 2.45) is 28.4 Å². The van der Waals surface area contributed by atoms with E-state index in [0.717, 1.165) is 32.1 Å². The number of likely N-dealkylation sites (tertiary alicyclic amines) is 1. The summed E-state index contributed by atoms with van der Waals surface area (Å²) in [5.74, 6) is -1.96. The molecule has 10 nitrogen and oxygen atoms in total. The summed E-state index contributed by atoms with van der Waals surface area (Å²) in [6, 6.07) is -3.10. The summed E-state index contributed by atoms with van der Waals surface area (Å²) in [5, 5.41) is 8.48. The van der Waals surface area contributed by atoms with Gasteiger partial charge in [0.05, 0.1) is 6.04 Å². The molecule has 1 spiro atoms. The van der Waals surface area contributed by atoms with Crippen molar-refractivity contribution in [3.63, 3.8) is 0 Å². The van der Waals surface area contributed by atoms with Crippen LogP contribution in [0.2, 0.25) is 0 Å². The Morgan fingerprint density at radius 3 is 2.08 bits per heavy atom. The summed E-state index contributed by atoms with van der Waals surface area (Å²) in [6.07, 6.45) is 5.71. The van der Waals surface area contributed by atoms with Crippen LogP contribution in [0, 0.1) is 22.7 Å². The molecule has 1 saturated heterocycles. The van der Waals surface area contributed by atoms with E-state index in [-0.39, 0.29) is 17.2 Å². The minimum atomic E-state index is -1.07. The van der Waals surface area contributed by atoms with Crippen LogP contribution < -0.4 is 21.7 Å². The topological polar surface area (TPSA) is 151 Å². The highest BCUT2D eigenvalue weighted by atomic mass is 16.2. The standard InChI is InChI=1S/C28H47N5O5/c1-8-17-13-28(17)14-19(23(36)30-18(20(34)22(29)35)12-16-10-9-11-16)33(15-28)24(37)21(26(2,3)4)31-25(38)32-27(5,6)7/h16-19,21H,8-15H2,1-7H3,(H2,29,35)(H,30,36)(H2,31,32,38)/t17-,18?,19?,21+,28?/m0/s1. The summed E-state index contributed by atoms with van der Waals surface area (Å²) < 4.78 is 0. The second-order valence-corrected chi connectivity index (χ2v) is 13.8. The van der Waals surface area contributed by atoms with Crippen LogP contribution in [-0.2, 0) is 19.2 Å². The maximum Gasteiger partial charge on any atom is 0.315 e. The fourth-order valence-electron chi connectivity index (χ4n) is 5.98. The number of Topliss-reactive ketones (excluding diaryl/α,β-unsaturated/α-hetero) is 1. The number of nitrogens with zero attached hydrogens (tertiary/aromatic N) is 1. The molecule has 2 saturated carbocycles. The number of carbonyl (C=O) groups excluding carboxylic acids is 5. The first-order valence-corrected chi connectivity index (χ1v) is 14.0. The van der Waals surface area contributed by atoms with Crippen LogP contribution >= 0.6 is 0 Å². The first kappa shape index (κ1) is 29.9. The lowest BCUT2D eigenvalue weighted by atomic mass is 9.80. The number of urea groups is 1. The van der Waals surface area contributed by atoms with Gasteiger partial charge in [0.1, 0.15) is 12.1 Å². The normalized spacial score (nSPS) is 26.8. The van der Waals surface area contributed by atoms with E-state index in [1.54, 1.807) is 4.90 Å². The van der Waals surface area contributed by atoms with Crippen LogP contribution in [0.15, 0.2) is 0 Å². The van der Waals surface area contributed by atoms with Gasteiger partial charge in [-0.2, -0.15) is 0 Å². The Hall–Kier alpha value is -2.65. The number of ketones is 1. The molecule has 0 aromatic rings. The highest BCUT2D eigenvalue weighted by Gasteiger charge is 2.62. The Balaban J connectivity index is 1.84. The molecule has 2 aliphatic carbocycles. The highest BCUT2D eigenvalue weighted by Crippen LogP contribution is 2.61. The number of carbonyl (C=O) groups is 5. The molecule has 3 aliphatic rings. The molecule has 3 fully saturated rings. The Bertz CT molecular complexity index is 964. The zero-order valence-electron chi connectivity index (χ0n) is 24.1. The van der Waals surface area contributed by atoms with Gasteiger partial charge in [0, 0.05) is 12.1 Å². The van der Waals surface area contributed by atoms with Crippen molar-refractivity contribution in [3.05, 3.63) is 0 Å². The number of hydrogen-bond acceptors (Lipinski definition) is 5. The van der Waals surface area contributed by atoms with Gasteiger partial charge in [-0.25, -0.2) is 4.79 Å². The Kier molecular flexibility index (Phi) is 8.53. The average Bonchev–Trinajstić information content (AvgIpc) is 3.29. The maximum absolute atomic E-state index is 14.0. The van der Waals surface area contributed by atoms with E-state index in [0.29, 0.717) is 25.3 Å². The van der Waals surface area contributed by atoms with Crippen molar-refractivity contribution in [2.45, 2.75) is 117 Å². The van der Waals surface area contributed by atoms with Crippen molar-refractivity contribution < 1.29 is 24.0 Å². The molecule has 5 atom stereocenters. The molecule has 214 valence electrons. The van der Waals surface area contributed by atoms with Crippen LogP contribution in [0.3, 0.4) is 0 Å². The zero-order valence-corrected chi connectivity index (χ0v) is 24.1. The zero-order chi connectivity index (χ0) is 28.6. The van der Waals surface area contributed by atoms with Crippen LogP contribution in [0.4, 0.5) is 4.79 Å². The van der Waals surface area contributed by atoms with E-state index in [1.165, 1.54) is 0 Å². The smallest absolute Gasteiger partial charge is 0.315 e. The average molecular weight is 534 g/mol. The third kappa shape index (κ3) is 6.86. The van der Waals surface area contributed by atoms with Gasteiger partial charge in [0.25, 0.3) is 5.91 Å². The van der Waals surface area contributed by atoms with Gasteiger partial charge in [0.2, 0.25) is 17.6 Å². The molecule has 38 heavy (non-hydrogen) atoms. The largest absolute Gasteiger partial charge is 0.363 e. The quantitative estimate of drug-likeness (QED) is 0.335. The van der Waals surface area contributed by atoms with E-state index >= 15 is 0 Å². The predicted octanol–water partition coefficient (Wildman–Crippen LogP) is 2.25. The molecule has 1 aliphatic heterocycles. The van der Waals surface area contributed by atoms with E-state index in [9.17, 15) is 24.0 Å². The number of nitrogens with two attached hydrogens (primary N) is 1. The number of amides is 5. The third-order valence-corrected chi connectivity index (χ3v) is 8.45. The van der Waals surface area contributed by atoms with Crippen LogP contribution in [0.1, 0.15) is 93.4 Å². The predicted molar refractivity (Wildman–Crippen MR) is 144 cm³/mol. The van der Waals surface area contributed by atoms with Gasteiger partial charge in [0.15, 0.2) is 0 Å². The van der Waals surface area contributed by atoms with Crippen LogP contribution in [-0.4, -0.2) is 64.6 Å². The van der Waals surface area contributed by atoms with Gasteiger partial charge < -0.3 is 26.6 Å². The lowest BCUT2D eigenvalue weighted by Crippen LogP contribution is -2.61. The summed E-state index contributed by atoms with van der Waals surface area (Å²) in [4.78, 5) is 66.3. The minimum Gasteiger partial charge on any atom is -0.363 e. The van der Waals surface area contributed by atoms with Crippen molar-refractivity contribution >= 4 is 29.5 Å². The van der Waals surface area contributed by atoms with Gasteiger partial charge >= 0.3 is 6.03 Å². The number of hydrogen-bond donors (Lipinski definition) is 4. The minimum absolute atomic E-state index is 0.139. The molecule has 3 unspecified atom stereocenters. The van der Waals surface area contributed by atoms with Gasteiger partial charge in [-0.1, -0.05) is 53.4 Å². The van der Waals surface area contributed by atoms with Crippen LogP contribution in [0.5, 0.6) is 0 Å². The van der Waals surface area contributed by atoms with E-state index < -0.39 is 52.7 Å². The fraction of sp³-hybridized carbons (Fsp3) is 0.821. The van der Waals surface area contributed by atoms with Gasteiger partial charge in [-0.05, 0) is 62.7 Å². The Morgan fingerprint density at radius 1 is 1.00 bits per heavy atom. The summed E-state index contributed by atoms with van der Waals surface area (Å²) >= 11 is 0. The molecular weight excluding hydrogens is 486 g/mol. The van der Waals surface area contributed by atoms with Crippen molar-refractivity contribution in [3.8, 4) is 0 Å². The second-order valence-electron chi connectivity index (χ2n) is 13.8. The Morgan fingerprint density at radius 2 is 1.63 bits per heavy atom. The molecule has 5 amide bonds. The first-order chi connectivity index (χ1) is 17.5. The van der Waals surface area contributed by atoms with Crippen molar-refractivity contribution in [1.82, 2.24) is 20.9 Å².